The van der Waals surface area contributed by atoms with E-state index in [9.17, 15) is 4.79 Å². The number of rotatable bonds is 6. The highest BCUT2D eigenvalue weighted by Gasteiger charge is 2.22. The van der Waals surface area contributed by atoms with Gasteiger partial charge in [-0.3, -0.25) is 0 Å². The van der Waals surface area contributed by atoms with Crippen molar-refractivity contribution in [2.24, 2.45) is 0 Å². The lowest BCUT2D eigenvalue weighted by Gasteiger charge is -1.96. The van der Waals surface area contributed by atoms with E-state index in [1.165, 1.54) is 0 Å². The Bertz CT molecular complexity index is 219. The Labute approximate surface area is 93.8 Å². The maximum Gasteiger partial charge on any atom is 0.330 e. The molecule has 0 aromatic carbocycles. The number of carbonyl (C=O) groups is 1. The average Bonchev–Trinajstić information content (AvgIpc) is 3.09. The van der Waals surface area contributed by atoms with Crippen LogP contribution in [0.5, 0.6) is 0 Å². The van der Waals surface area contributed by atoms with Crippen molar-refractivity contribution in [3.63, 3.8) is 0 Å². The maximum atomic E-state index is 10.2. The lowest BCUT2D eigenvalue weighted by atomic mass is 10.1. The maximum absolute atomic E-state index is 10.2. The van der Waals surface area contributed by atoms with Crippen LogP contribution in [-0.2, 0) is 9.53 Å². The number of hydrogen-bond acceptors (Lipinski definition) is 5. The molecule has 1 unspecified atom stereocenters. The minimum absolute atomic E-state index is 0.274. The van der Waals surface area contributed by atoms with Gasteiger partial charge >= 0.3 is 5.97 Å². The van der Waals surface area contributed by atoms with Gasteiger partial charge < -0.3 is 25.2 Å². The topological polar surface area (TPSA) is 111 Å². The number of ether oxygens (including phenoxy) is 1. The van der Waals surface area contributed by atoms with E-state index < -0.39 is 12.1 Å². The SMILES string of the molecule is C=C(CCC1CO1)C(=O)O.OCC(O)CO. The molecular formula is C10H18O6. The molecule has 1 atom stereocenters. The van der Waals surface area contributed by atoms with Crippen LogP contribution in [0.15, 0.2) is 12.2 Å². The van der Waals surface area contributed by atoms with Gasteiger partial charge in [-0.15, -0.1) is 0 Å². The molecule has 6 heteroatoms. The fraction of sp³-hybridized carbons (Fsp3) is 0.700. The number of hydrogen-bond donors (Lipinski definition) is 4. The fourth-order valence-electron chi connectivity index (χ4n) is 0.735. The summed E-state index contributed by atoms with van der Waals surface area (Å²) in [5.74, 6) is -0.902. The molecular weight excluding hydrogens is 216 g/mol. The van der Waals surface area contributed by atoms with Crippen molar-refractivity contribution in [2.45, 2.75) is 25.0 Å². The van der Waals surface area contributed by atoms with Crippen LogP contribution in [0.25, 0.3) is 0 Å². The average molecular weight is 234 g/mol. The molecule has 6 nitrogen and oxygen atoms in total. The number of carboxylic acids is 1. The van der Waals surface area contributed by atoms with Crippen molar-refractivity contribution in [1.29, 1.82) is 0 Å². The second-order valence-corrected chi connectivity index (χ2v) is 3.42. The largest absolute Gasteiger partial charge is 0.478 e. The molecule has 1 aliphatic heterocycles. The van der Waals surface area contributed by atoms with Crippen LogP contribution in [0.2, 0.25) is 0 Å². The number of aliphatic hydroxyl groups excluding tert-OH is 3. The van der Waals surface area contributed by atoms with Crippen molar-refractivity contribution in [3.8, 4) is 0 Å². The molecule has 4 N–H and O–H groups in total. The smallest absolute Gasteiger partial charge is 0.330 e. The predicted octanol–water partition coefficient (Wildman–Crippen LogP) is -0.862. The Morgan fingerprint density at radius 2 is 1.94 bits per heavy atom. The molecule has 0 aliphatic carbocycles. The highest BCUT2D eigenvalue weighted by atomic mass is 16.6. The quantitative estimate of drug-likeness (QED) is 0.351. The van der Waals surface area contributed by atoms with E-state index in [1.807, 2.05) is 0 Å². The minimum Gasteiger partial charge on any atom is -0.478 e. The molecule has 94 valence electrons. The van der Waals surface area contributed by atoms with Crippen molar-refractivity contribution in [2.75, 3.05) is 19.8 Å². The van der Waals surface area contributed by atoms with E-state index in [-0.39, 0.29) is 18.8 Å². The van der Waals surface area contributed by atoms with Crippen LogP contribution in [0.4, 0.5) is 0 Å². The number of epoxide rings is 1. The second kappa shape index (κ2) is 8.23. The number of aliphatic carboxylic acids is 1. The second-order valence-electron chi connectivity index (χ2n) is 3.42. The van der Waals surface area contributed by atoms with E-state index in [0.717, 1.165) is 13.0 Å². The van der Waals surface area contributed by atoms with Crippen molar-refractivity contribution in [1.82, 2.24) is 0 Å². The van der Waals surface area contributed by atoms with Gasteiger partial charge in [-0.2, -0.15) is 0 Å². The van der Waals surface area contributed by atoms with Crippen LogP contribution in [0.3, 0.4) is 0 Å². The number of aliphatic hydroxyl groups is 3. The molecule has 16 heavy (non-hydrogen) atoms. The van der Waals surface area contributed by atoms with Crippen LogP contribution in [-0.4, -0.2) is 58.4 Å². The van der Waals surface area contributed by atoms with Crippen molar-refractivity contribution in [3.05, 3.63) is 12.2 Å². The van der Waals surface area contributed by atoms with Crippen molar-refractivity contribution >= 4 is 5.97 Å². The first-order valence-corrected chi connectivity index (χ1v) is 4.93. The molecule has 1 fully saturated rings. The van der Waals surface area contributed by atoms with Gasteiger partial charge in [-0.05, 0) is 12.8 Å². The zero-order chi connectivity index (χ0) is 12.6. The summed E-state index contributed by atoms with van der Waals surface area (Å²) in [5, 5.41) is 32.4. The van der Waals surface area contributed by atoms with Crippen LogP contribution >= 0.6 is 0 Å². The lowest BCUT2D eigenvalue weighted by Crippen LogP contribution is -2.15. The lowest BCUT2D eigenvalue weighted by molar-refractivity contribution is -0.132. The molecule has 1 saturated heterocycles. The minimum atomic E-state index is -0.954. The standard InChI is InChI=1S/C7H10O3.C3H8O3/c1-5(7(8)9)2-3-6-4-10-6;4-1-3(6)2-5/h6H,1-4H2,(H,8,9);3-6H,1-2H2. The normalized spacial score (nSPS) is 17.6. The Kier molecular flexibility index (Phi) is 7.74. The van der Waals surface area contributed by atoms with Crippen LogP contribution in [0.1, 0.15) is 12.8 Å². The summed E-state index contributed by atoms with van der Waals surface area (Å²) in [6, 6.07) is 0. The Hall–Kier alpha value is -0.950. The number of carboxylic acid groups (broad SMARTS) is 1. The molecule has 1 rings (SSSR count). The van der Waals surface area contributed by atoms with Crippen LogP contribution in [0, 0.1) is 0 Å². The molecule has 0 radical (unpaired) electrons. The molecule has 0 aromatic heterocycles. The van der Waals surface area contributed by atoms with Gasteiger partial charge in [0, 0.05) is 5.57 Å². The molecule has 0 bridgehead atoms. The molecule has 0 aromatic rings. The van der Waals surface area contributed by atoms with Gasteiger partial charge in [0.05, 0.1) is 25.9 Å². The molecule has 0 spiro atoms. The Balaban J connectivity index is 0.000000325. The highest BCUT2D eigenvalue weighted by Crippen LogP contribution is 2.17. The first-order chi connectivity index (χ1) is 7.51. The molecule has 0 saturated carbocycles. The highest BCUT2D eigenvalue weighted by molar-refractivity contribution is 5.85. The van der Waals surface area contributed by atoms with E-state index in [4.69, 9.17) is 25.2 Å². The van der Waals surface area contributed by atoms with E-state index in [2.05, 4.69) is 6.58 Å². The van der Waals surface area contributed by atoms with Gasteiger partial charge in [0.1, 0.15) is 6.10 Å². The molecule has 0 amide bonds. The van der Waals surface area contributed by atoms with E-state index in [1.54, 1.807) is 0 Å². The van der Waals surface area contributed by atoms with E-state index >= 15 is 0 Å². The summed E-state index contributed by atoms with van der Waals surface area (Å²) in [7, 11) is 0. The fourth-order valence-corrected chi connectivity index (χ4v) is 0.735. The van der Waals surface area contributed by atoms with Gasteiger partial charge in [-0.1, -0.05) is 6.58 Å². The first-order valence-electron chi connectivity index (χ1n) is 4.93. The zero-order valence-corrected chi connectivity index (χ0v) is 9.00. The predicted molar refractivity (Wildman–Crippen MR) is 55.9 cm³/mol. The van der Waals surface area contributed by atoms with E-state index in [0.29, 0.717) is 12.5 Å². The molecule has 1 heterocycles. The summed E-state index contributed by atoms with van der Waals surface area (Å²) < 4.78 is 4.90. The summed E-state index contributed by atoms with van der Waals surface area (Å²) in [6.07, 6.45) is 0.687. The van der Waals surface area contributed by atoms with Gasteiger partial charge in [0.25, 0.3) is 0 Å². The third-order valence-corrected chi connectivity index (χ3v) is 1.89. The Morgan fingerprint density at radius 3 is 2.19 bits per heavy atom. The van der Waals surface area contributed by atoms with Crippen LogP contribution < -0.4 is 0 Å². The third kappa shape index (κ3) is 8.37. The third-order valence-electron chi connectivity index (χ3n) is 1.89. The summed E-state index contributed by atoms with van der Waals surface area (Å²) in [4.78, 5) is 10.2. The summed E-state index contributed by atoms with van der Waals surface area (Å²) >= 11 is 0. The first kappa shape index (κ1) is 15.0. The molecule has 1 aliphatic rings. The monoisotopic (exact) mass is 234 g/mol. The summed E-state index contributed by atoms with van der Waals surface area (Å²) in [5.41, 5.74) is 0.274. The van der Waals surface area contributed by atoms with Crippen molar-refractivity contribution < 1.29 is 30.0 Å². The summed E-state index contributed by atoms with van der Waals surface area (Å²) in [6.45, 7) is 3.45. The van der Waals surface area contributed by atoms with Gasteiger partial charge in [0.15, 0.2) is 0 Å². The van der Waals surface area contributed by atoms with Gasteiger partial charge in [-0.25, -0.2) is 4.79 Å². The zero-order valence-electron chi connectivity index (χ0n) is 9.00. The van der Waals surface area contributed by atoms with Gasteiger partial charge in [0.2, 0.25) is 0 Å². The Morgan fingerprint density at radius 1 is 1.44 bits per heavy atom.